The zero-order valence-electron chi connectivity index (χ0n) is 13.5. The number of allylic oxidation sites excluding steroid dienone is 7. The summed E-state index contributed by atoms with van der Waals surface area (Å²) in [4.78, 5) is 11.6. The van der Waals surface area contributed by atoms with Crippen molar-refractivity contribution in [3.63, 3.8) is 0 Å². The van der Waals surface area contributed by atoms with Gasteiger partial charge in [0, 0.05) is 6.08 Å². The lowest BCUT2D eigenvalue weighted by atomic mass is 9.89. The Morgan fingerprint density at radius 3 is 2.57 bits per heavy atom. The minimum Gasteiger partial charge on any atom is -0.463 e. The number of hydrogen-bond acceptors (Lipinski definition) is 2. The monoisotopic (exact) mass is 286 g/mol. The highest BCUT2D eigenvalue weighted by Gasteiger charge is 2.26. The molecule has 0 unspecified atom stereocenters. The smallest absolute Gasteiger partial charge is 0.330 e. The molecule has 0 aliphatic heterocycles. The summed E-state index contributed by atoms with van der Waals surface area (Å²) in [5.74, 6) is -0.252. The molecule has 2 aliphatic carbocycles. The summed E-state index contributed by atoms with van der Waals surface area (Å²) >= 11 is 0. The second-order valence-electron chi connectivity index (χ2n) is 5.69. The molecule has 0 saturated carbocycles. The predicted octanol–water partition coefficient (Wildman–Crippen LogP) is 5.03. The van der Waals surface area contributed by atoms with E-state index in [9.17, 15) is 4.79 Å². The van der Waals surface area contributed by atoms with E-state index in [0.717, 1.165) is 12.8 Å². The molecule has 0 saturated heterocycles. The summed E-state index contributed by atoms with van der Waals surface area (Å²) in [7, 11) is 0. The molecule has 0 spiro atoms. The molecule has 0 atom stereocenters. The molecule has 0 aromatic carbocycles. The molecule has 0 N–H and O–H groups in total. The molecule has 2 aliphatic rings. The second kappa shape index (κ2) is 7.44. The zero-order chi connectivity index (χ0) is 15.2. The van der Waals surface area contributed by atoms with Gasteiger partial charge in [-0.25, -0.2) is 4.79 Å². The van der Waals surface area contributed by atoms with Crippen molar-refractivity contribution in [2.75, 3.05) is 6.61 Å². The van der Waals surface area contributed by atoms with Gasteiger partial charge in [-0.1, -0.05) is 19.4 Å². The number of ether oxygens (including phenoxy) is 1. The maximum Gasteiger partial charge on any atom is 0.330 e. The molecule has 0 aromatic heterocycles. The predicted molar refractivity (Wildman–Crippen MR) is 87.0 cm³/mol. The van der Waals surface area contributed by atoms with Crippen LogP contribution in [0.1, 0.15) is 59.3 Å². The van der Waals surface area contributed by atoms with Crippen molar-refractivity contribution in [1.82, 2.24) is 0 Å². The molecule has 0 radical (unpaired) electrons. The first-order valence-electron chi connectivity index (χ1n) is 8.18. The Morgan fingerprint density at radius 1 is 1.19 bits per heavy atom. The van der Waals surface area contributed by atoms with Crippen LogP contribution < -0.4 is 0 Å². The van der Waals surface area contributed by atoms with E-state index < -0.39 is 0 Å². The third kappa shape index (κ3) is 3.55. The van der Waals surface area contributed by atoms with Crippen LogP contribution in [0.25, 0.3) is 0 Å². The summed E-state index contributed by atoms with van der Waals surface area (Å²) in [6, 6.07) is 0. The third-order valence-corrected chi connectivity index (χ3v) is 4.25. The molecular weight excluding hydrogens is 260 g/mol. The van der Waals surface area contributed by atoms with E-state index >= 15 is 0 Å². The van der Waals surface area contributed by atoms with Gasteiger partial charge in [0.1, 0.15) is 0 Å². The summed E-state index contributed by atoms with van der Waals surface area (Å²) in [6.45, 7) is 6.65. The van der Waals surface area contributed by atoms with E-state index in [1.807, 2.05) is 13.0 Å². The van der Waals surface area contributed by atoms with Crippen LogP contribution in [0.3, 0.4) is 0 Å². The molecule has 0 fully saturated rings. The molecule has 2 heteroatoms. The lowest BCUT2D eigenvalue weighted by molar-refractivity contribution is -0.137. The molecule has 0 heterocycles. The third-order valence-electron chi connectivity index (χ3n) is 4.25. The van der Waals surface area contributed by atoms with Gasteiger partial charge >= 0.3 is 5.97 Å². The minimum absolute atomic E-state index is 0.252. The van der Waals surface area contributed by atoms with Crippen LogP contribution >= 0.6 is 0 Å². The fourth-order valence-corrected chi connectivity index (χ4v) is 3.22. The van der Waals surface area contributed by atoms with Crippen LogP contribution in [0.2, 0.25) is 0 Å². The van der Waals surface area contributed by atoms with E-state index in [-0.39, 0.29) is 5.97 Å². The first-order chi connectivity index (χ1) is 10.2. The quantitative estimate of drug-likeness (QED) is 0.523. The number of carbonyl (C=O) groups excluding carboxylic acids is 1. The van der Waals surface area contributed by atoms with Crippen molar-refractivity contribution in [1.29, 1.82) is 0 Å². The minimum atomic E-state index is -0.252. The highest BCUT2D eigenvalue weighted by molar-refractivity contribution is 5.83. The molecule has 2 rings (SSSR count). The number of carbonyl (C=O) groups is 1. The van der Waals surface area contributed by atoms with Crippen LogP contribution in [-0.4, -0.2) is 12.6 Å². The van der Waals surface area contributed by atoms with Crippen molar-refractivity contribution in [2.45, 2.75) is 59.3 Å². The van der Waals surface area contributed by atoms with Gasteiger partial charge in [0.25, 0.3) is 0 Å². The van der Waals surface area contributed by atoms with Crippen LogP contribution in [-0.2, 0) is 9.53 Å². The molecule has 21 heavy (non-hydrogen) atoms. The fraction of sp³-hybridized carbons (Fsp3) is 0.526. The van der Waals surface area contributed by atoms with Crippen LogP contribution in [0.4, 0.5) is 0 Å². The highest BCUT2D eigenvalue weighted by atomic mass is 16.5. The Kier molecular flexibility index (Phi) is 5.60. The van der Waals surface area contributed by atoms with Crippen LogP contribution in [0.5, 0.6) is 0 Å². The average molecular weight is 286 g/mol. The van der Waals surface area contributed by atoms with Crippen molar-refractivity contribution in [3.05, 3.63) is 46.1 Å². The molecule has 0 amide bonds. The number of rotatable bonds is 5. The highest BCUT2D eigenvalue weighted by Crippen LogP contribution is 2.44. The van der Waals surface area contributed by atoms with Crippen LogP contribution in [0.15, 0.2) is 46.1 Å². The van der Waals surface area contributed by atoms with Gasteiger partial charge in [-0.2, -0.15) is 0 Å². The Morgan fingerprint density at radius 2 is 1.90 bits per heavy atom. The first kappa shape index (κ1) is 15.8. The summed E-state index contributed by atoms with van der Waals surface area (Å²) in [5, 5.41) is 0. The Labute approximate surface area is 128 Å². The number of hydrogen-bond donors (Lipinski definition) is 0. The van der Waals surface area contributed by atoms with Gasteiger partial charge in [0.2, 0.25) is 0 Å². The lowest BCUT2D eigenvalue weighted by Gasteiger charge is -2.16. The molecule has 0 bridgehead atoms. The summed E-state index contributed by atoms with van der Waals surface area (Å²) in [5.41, 5.74) is 6.99. The zero-order valence-corrected chi connectivity index (χ0v) is 13.5. The van der Waals surface area contributed by atoms with Gasteiger partial charge < -0.3 is 4.74 Å². The largest absolute Gasteiger partial charge is 0.463 e. The molecular formula is C19H26O2. The normalized spacial score (nSPS) is 20.6. The molecule has 114 valence electrons. The molecule has 0 aromatic rings. The first-order valence-corrected chi connectivity index (χ1v) is 8.18. The Bertz CT molecular complexity index is 530. The molecule has 2 nitrogen and oxygen atoms in total. The van der Waals surface area contributed by atoms with Gasteiger partial charge in [-0.05, 0) is 79.9 Å². The van der Waals surface area contributed by atoms with Gasteiger partial charge in [0.05, 0.1) is 6.61 Å². The SMILES string of the molecule is CCC/C=C1/C(/C=C/C(=O)OCC)=C(C)C2=C1CCCC2. The van der Waals surface area contributed by atoms with Gasteiger partial charge in [0.15, 0.2) is 0 Å². The van der Waals surface area contributed by atoms with Crippen molar-refractivity contribution >= 4 is 5.97 Å². The number of esters is 1. The van der Waals surface area contributed by atoms with E-state index in [0.29, 0.717) is 6.61 Å². The lowest BCUT2D eigenvalue weighted by Crippen LogP contribution is -1.99. The van der Waals surface area contributed by atoms with Crippen molar-refractivity contribution in [3.8, 4) is 0 Å². The van der Waals surface area contributed by atoms with Gasteiger partial charge in [-0.3, -0.25) is 0 Å². The second-order valence-corrected chi connectivity index (χ2v) is 5.69. The Balaban J connectivity index is 2.29. The summed E-state index contributed by atoms with van der Waals surface area (Å²) in [6.07, 6.45) is 13.0. The van der Waals surface area contributed by atoms with E-state index in [1.54, 1.807) is 6.08 Å². The van der Waals surface area contributed by atoms with E-state index in [2.05, 4.69) is 19.9 Å². The van der Waals surface area contributed by atoms with Crippen LogP contribution in [0, 0.1) is 0 Å². The topological polar surface area (TPSA) is 26.3 Å². The van der Waals surface area contributed by atoms with E-state index in [4.69, 9.17) is 4.74 Å². The van der Waals surface area contributed by atoms with E-state index in [1.165, 1.54) is 53.5 Å². The van der Waals surface area contributed by atoms with Crippen molar-refractivity contribution < 1.29 is 9.53 Å². The average Bonchev–Trinajstić information content (AvgIpc) is 2.76. The Hall–Kier alpha value is -1.57. The standard InChI is InChI=1S/C19H26O2/c1-4-6-9-17-16(12-13-19(20)21-5-2)14(3)15-10-7-8-11-18(15)17/h9,12-13H,4-8,10-11H2,1-3H3/b13-12+,17-9-. The number of unbranched alkanes of at least 4 members (excludes halogenated alkanes) is 1. The fourth-order valence-electron chi connectivity index (χ4n) is 3.22. The van der Waals surface area contributed by atoms with Crippen molar-refractivity contribution in [2.24, 2.45) is 0 Å². The van der Waals surface area contributed by atoms with Gasteiger partial charge in [-0.15, -0.1) is 0 Å². The summed E-state index contributed by atoms with van der Waals surface area (Å²) < 4.78 is 4.99. The maximum atomic E-state index is 11.6. The maximum absolute atomic E-state index is 11.6.